The van der Waals surface area contributed by atoms with E-state index in [1.807, 2.05) is 6.92 Å². The van der Waals surface area contributed by atoms with Gasteiger partial charge in [-0.05, 0) is 57.2 Å². The van der Waals surface area contributed by atoms with Gasteiger partial charge in [-0.15, -0.1) is 0 Å². The summed E-state index contributed by atoms with van der Waals surface area (Å²) in [6, 6.07) is 0. The number of aliphatic carboxylic acids is 1. The molecule has 0 aromatic rings. The second-order valence-electron chi connectivity index (χ2n) is 6.38. The Hall–Kier alpha value is -0.610. The van der Waals surface area contributed by atoms with Gasteiger partial charge in [-0.3, -0.25) is 4.79 Å². The molecule has 3 atom stereocenters. The summed E-state index contributed by atoms with van der Waals surface area (Å²) >= 11 is 0. The van der Waals surface area contributed by atoms with E-state index in [9.17, 15) is 9.90 Å². The average Bonchev–Trinajstić information content (AvgIpc) is 2.94. The van der Waals surface area contributed by atoms with E-state index in [2.05, 4.69) is 17.1 Å². The molecule has 0 aromatic carbocycles. The molecule has 4 heteroatoms. The van der Waals surface area contributed by atoms with Crippen molar-refractivity contribution in [2.24, 2.45) is 11.8 Å². The standard InChI is InChI=1S/C15H28N2O2/c1-3-16-15(14(18)19)8-4-5-13(15)7-10-17-9-6-12(2)11-17/h12-13,16H,3-11H2,1-2H3,(H,18,19). The van der Waals surface area contributed by atoms with Gasteiger partial charge in [0.2, 0.25) is 0 Å². The number of rotatable bonds is 6. The Morgan fingerprint density at radius 2 is 2.26 bits per heavy atom. The molecular formula is C15H28N2O2. The number of likely N-dealkylation sites (N-methyl/N-ethyl adjacent to an activating group) is 1. The molecule has 0 spiro atoms. The summed E-state index contributed by atoms with van der Waals surface area (Å²) in [7, 11) is 0. The smallest absolute Gasteiger partial charge is 0.324 e. The Kier molecular flexibility index (Phi) is 4.85. The fourth-order valence-corrected chi connectivity index (χ4v) is 3.94. The zero-order valence-corrected chi connectivity index (χ0v) is 12.3. The van der Waals surface area contributed by atoms with Crippen molar-refractivity contribution in [2.75, 3.05) is 26.2 Å². The maximum atomic E-state index is 11.7. The van der Waals surface area contributed by atoms with Crippen molar-refractivity contribution in [1.29, 1.82) is 0 Å². The molecule has 1 aliphatic heterocycles. The maximum absolute atomic E-state index is 11.7. The summed E-state index contributed by atoms with van der Waals surface area (Å²) in [6.45, 7) is 8.49. The van der Waals surface area contributed by atoms with Crippen LogP contribution < -0.4 is 5.32 Å². The van der Waals surface area contributed by atoms with Gasteiger partial charge in [-0.2, -0.15) is 0 Å². The monoisotopic (exact) mass is 268 g/mol. The van der Waals surface area contributed by atoms with Crippen molar-refractivity contribution in [3.05, 3.63) is 0 Å². The van der Waals surface area contributed by atoms with Crippen LogP contribution in [0.2, 0.25) is 0 Å². The third kappa shape index (κ3) is 3.11. The van der Waals surface area contributed by atoms with E-state index >= 15 is 0 Å². The number of hydrogen-bond acceptors (Lipinski definition) is 3. The molecule has 0 amide bonds. The van der Waals surface area contributed by atoms with Crippen molar-refractivity contribution < 1.29 is 9.90 Å². The molecule has 0 aromatic heterocycles. The van der Waals surface area contributed by atoms with Crippen LogP contribution >= 0.6 is 0 Å². The summed E-state index contributed by atoms with van der Waals surface area (Å²) in [5.41, 5.74) is -0.653. The van der Waals surface area contributed by atoms with E-state index in [0.717, 1.165) is 44.7 Å². The molecule has 1 saturated carbocycles. The van der Waals surface area contributed by atoms with Crippen LogP contribution in [0, 0.1) is 11.8 Å². The van der Waals surface area contributed by atoms with Crippen LogP contribution in [0.4, 0.5) is 0 Å². The quantitative estimate of drug-likeness (QED) is 0.773. The highest BCUT2D eigenvalue weighted by Crippen LogP contribution is 2.38. The average molecular weight is 268 g/mol. The number of carboxylic acid groups (broad SMARTS) is 1. The maximum Gasteiger partial charge on any atom is 0.324 e. The topological polar surface area (TPSA) is 52.6 Å². The highest BCUT2D eigenvalue weighted by molar-refractivity contribution is 5.79. The van der Waals surface area contributed by atoms with Crippen LogP contribution in [0.3, 0.4) is 0 Å². The Labute approximate surface area is 116 Å². The molecule has 2 fully saturated rings. The van der Waals surface area contributed by atoms with Gasteiger partial charge in [0.25, 0.3) is 0 Å². The molecule has 2 aliphatic rings. The predicted molar refractivity (Wildman–Crippen MR) is 76.2 cm³/mol. The SMILES string of the molecule is CCNC1(C(=O)O)CCCC1CCN1CCC(C)C1. The molecule has 1 aliphatic carbocycles. The van der Waals surface area contributed by atoms with Gasteiger partial charge in [0, 0.05) is 6.54 Å². The van der Waals surface area contributed by atoms with Crippen LogP contribution in [0.5, 0.6) is 0 Å². The van der Waals surface area contributed by atoms with E-state index in [-0.39, 0.29) is 0 Å². The van der Waals surface area contributed by atoms with E-state index in [0.29, 0.717) is 5.92 Å². The van der Waals surface area contributed by atoms with Gasteiger partial charge in [0.05, 0.1) is 0 Å². The summed E-state index contributed by atoms with van der Waals surface area (Å²) < 4.78 is 0. The fourth-order valence-electron chi connectivity index (χ4n) is 3.94. The van der Waals surface area contributed by atoms with Gasteiger partial charge >= 0.3 is 5.97 Å². The molecule has 0 radical (unpaired) electrons. The first-order chi connectivity index (χ1) is 9.08. The number of likely N-dealkylation sites (tertiary alicyclic amines) is 1. The first-order valence-electron chi connectivity index (χ1n) is 7.79. The van der Waals surface area contributed by atoms with Crippen molar-refractivity contribution in [2.45, 2.75) is 51.5 Å². The minimum absolute atomic E-state index is 0.292. The lowest BCUT2D eigenvalue weighted by Crippen LogP contribution is -2.55. The van der Waals surface area contributed by atoms with Crippen molar-refractivity contribution in [3.8, 4) is 0 Å². The first kappa shape index (κ1) is 14.8. The third-order valence-electron chi connectivity index (χ3n) is 5.00. The van der Waals surface area contributed by atoms with E-state index in [1.165, 1.54) is 19.5 Å². The Morgan fingerprint density at radius 3 is 2.84 bits per heavy atom. The van der Waals surface area contributed by atoms with Crippen LogP contribution in [0.25, 0.3) is 0 Å². The largest absolute Gasteiger partial charge is 0.480 e. The highest BCUT2D eigenvalue weighted by atomic mass is 16.4. The molecule has 110 valence electrons. The molecular weight excluding hydrogens is 240 g/mol. The first-order valence-corrected chi connectivity index (χ1v) is 7.79. The van der Waals surface area contributed by atoms with Gasteiger partial charge in [-0.1, -0.05) is 20.3 Å². The van der Waals surface area contributed by atoms with Crippen LogP contribution in [-0.4, -0.2) is 47.7 Å². The summed E-state index contributed by atoms with van der Waals surface area (Å²) in [5.74, 6) is 0.453. The summed E-state index contributed by atoms with van der Waals surface area (Å²) in [6.07, 6.45) is 5.20. The Morgan fingerprint density at radius 1 is 1.47 bits per heavy atom. The second-order valence-corrected chi connectivity index (χ2v) is 6.38. The van der Waals surface area contributed by atoms with Crippen molar-refractivity contribution >= 4 is 5.97 Å². The lowest BCUT2D eigenvalue weighted by atomic mass is 9.84. The molecule has 0 bridgehead atoms. The number of hydrogen-bond donors (Lipinski definition) is 2. The molecule has 2 N–H and O–H groups in total. The van der Waals surface area contributed by atoms with Crippen LogP contribution in [-0.2, 0) is 4.79 Å². The minimum atomic E-state index is -0.653. The normalized spacial score (nSPS) is 35.9. The summed E-state index contributed by atoms with van der Waals surface area (Å²) in [4.78, 5) is 14.2. The lowest BCUT2D eigenvalue weighted by molar-refractivity contribution is -0.146. The molecule has 19 heavy (non-hydrogen) atoms. The minimum Gasteiger partial charge on any atom is -0.480 e. The van der Waals surface area contributed by atoms with Crippen molar-refractivity contribution in [1.82, 2.24) is 10.2 Å². The number of carbonyl (C=O) groups is 1. The van der Waals surface area contributed by atoms with E-state index < -0.39 is 11.5 Å². The van der Waals surface area contributed by atoms with Crippen LogP contribution in [0.15, 0.2) is 0 Å². The van der Waals surface area contributed by atoms with Gasteiger partial charge in [-0.25, -0.2) is 0 Å². The van der Waals surface area contributed by atoms with E-state index in [1.54, 1.807) is 0 Å². The third-order valence-corrected chi connectivity index (χ3v) is 5.00. The highest BCUT2D eigenvalue weighted by Gasteiger charge is 2.48. The second kappa shape index (κ2) is 6.23. The zero-order valence-electron chi connectivity index (χ0n) is 12.3. The number of carboxylic acids is 1. The Bertz CT molecular complexity index is 321. The molecule has 4 nitrogen and oxygen atoms in total. The predicted octanol–water partition coefficient (Wildman–Crippen LogP) is 1.95. The van der Waals surface area contributed by atoms with Crippen molar-refractivity contribution in [3.63, 3.8) is 0 Å². The van der Waals surface area contributed by atoms with Crippen LogP contribution in [0.1, 0.15) is 46.0 Å². The Balaban J connectivity index is 1.92. The van der Waals surface area contributed by atoms with E-state index in [4.69, 9.17) is 0 Å². The fraction of sp³-hybridized carbons (Fsp3) is 0.933. The molecule has 1 saturated heterocycles. The molecule has 1 heterocycles. The summed E-state index contributed by atoms with van der Waals surface area (Å²) in [5, 5.41) is 12.9. The number of nitrogens with one attached hydrogen (secondary N) is 1. The number of nitrogens with zero attached hydrogens (tertiary/aromatic N) is 1. The lowest BCUT2D eigenvalue weighted by Gasteiger charge is -2.33. The van der Waals surface area contributed by atoms with Gasteiger partial charge in [0.1, 0.15) is 5.54 Å². The zero-order chi connectivity index (χ0) is 13.9. The van der Waals surface area contributed by atoms with Gasteiger partial charge in [0.15, 0.2) is 0 Å². The molecule has 2 rings (SSSR count). The van der Waals surface area contributed by atoms with Gasteiger partial charge < -0.3 is 15.3 Å². The molecule has 3 unspecified atom stereocenters.